The van der Waals surface area contributed by atoms with E-state index in [1.165, 1.54) is 12.1 Å². The Morgan fingerprint density at radius 2 is 2.00 bits per heavy atom. The summed E-state index contributed by atoms with van der Waals surface area (Å²) >= 11 is 0. The van der Waals surface area contributed by atoms with E-state index >= 15 is 0 Å². The van der Waals surface area contributed by atoms with Crippen molar-refractivity contribution in [3.8, 4) is 0 Å². The standard InChI is InChI=1S/C17H20N4O3/c1-13(16-5-2-3-11-19-16)20-17(22)6-4-12-18-14-7-9-15(10-8-14)21(23)24/h2-3,5,7-11,13,18H,4,6,12H2,1H3,(H,20,22). The van der Waals surface area contributed by atoms with Gasteiger partial charge in [0.15, 0.2) is 0 Å². The van der Waals surface area contributed by atoms with Crippen LogP contribution in [0.1, 0.15) is 31.5 Å². The highest BCUT2D eigenvalue weighted by Gasteiger charge is 2.10. The molecule has 0 aliphatic heterocycles. The van der Waals surface area contributed by atoms with E-state index in [1.807, 2.05) is 25.1 Å². The minimum atomic E-state index is -0.434. The molecule has 1 heterocycles. The first-order valence-electron chi connectivity index (χ1n) is 7.75. The van der Waals surface area contributed by atoms with Gasteiger partial charge < -0.3 is 10.6 Å². The SMILES string of the molecule is CC(NC(=O)CCCNc1ccc([N+](=O)[O-])cc1)c1ccccn1. The molecule has 0 spiro atoms. The molecule has 0 saturated heterocycles. The van der Waals surface area contributed by atoms with E-state index in [4.69, 9.17) is 0 Å². The summed E-state index contributed by atoms with van der Waals surface area (Å²) in [6, 6.07) is 11.7. The van der Waals surface area contributed by atoms with Crippen LogP contribution in [0.15, 0.2) is 48.7 Å². The summed E-state index contributed by atoms with van der Waals surface area (Å²) in [7, 11) is 0. The molecule has 0 bridgehead atoms. The van der Waals surface area contributed by atoms with Gasteiger partial charge in [-0.2, -0.15) is 0 Å². The van der Waals surface area contributed by atoms with Gasteiger partial charge in [-0.25, -0.2) is 0 Å². The zero-order chi connectivity index (χ0) is 17.4. The Morgan fingerprint density at radius 3 is 2.62 bits per heavy atom. The highest BCUT2D eigenvalue weighted by atomic mass is 16.6. The van der Waals surface area contributed by atoms with E-state index in [9.17, 15) is 14.9 Å². The second-order valence-corrected chi connectivity index (χ2v) is 5.38. The fourth-order valence-electron chi connectivity index (χ4n) is 2.20. The number of nitro benzene ring substituents is 1. The molecule has 1 aromatic heterocycles. The Bertz CT molecular complexity index is 674. The third-order valence-electron chi connectivity index (χ3n) is 3.50. The molecule has 2 rings (SSSR count). The van der Waals surface area contributed by atoms with Gasteiger partial charge in [-0.3, -0.25) is 19.9 Å². The van der Waals surface area contributed by atoms with Crippen LogP contribution in [0, 0.1) is 10.1 Å². The van der Waals surface area contributed by atoms with Gasteiger partial charge >= 0.3 is 0 Å². The van der Waals surface area contributed by atoms with E-state index in [0.29, 0.717) is 19.4 Å². The summed E-state index contributed by atoms with van der Waals surface area (Å²) in [5.41, 5.74) is 1.68. The van der Waals surface area contributed by atoms with Gasteiger partial charge in [0.25, 0.3) is 5.69 Å². The number of nitro groups is 1. The Kier molecular flexibility index (Phi) is 6.24. The minimum Gasteiger partial charge on any atom is -0.385 e. The fourth-order valence-corrected chi connectivity index (χ4v) is 2.20. The van der Waals surface area contributed by atoms with Crippen LogP contribution in [0.4, 0.5) is 11.4 Å². The van der Waals surface area contributed by atoms with Crippen molar-refractivity contribution >= 4 is 17.3 Å². The first-order valence-corrected chi connectivity index (χ1v) is 7.75. The number of aromatic nitrogens is 1. The number of hydrogen-bond acceptors (Lipinski definition) is 5. The number of pyridine rings is 1. The van der Waals surface area contributed by atoms with Crippen molar-refractivity contribution < 1.29 is 9.72 Å². The first-order chi connectivity index (χ1) is 11.6. The molecule has 0 aliphatic rings. The lowest BCUT2D eigenvalue weighted by atomic mass is 10.2. The summed E-state index contributed by atoms with van der Waals surface area (Å²) < 4.78 is 0. The van der Waals surface area contributed by atoms with Crippen LogP contribution in [-0.2, 0) is 4.79 Å². The monoisotopic (exact) mass is 328 g/mol. The number of non-ortho nitro benzene ring substituents is 1. The van der Waals surface area contributed by atoms with Crippen molar-refractivity contribution in [2.75, 3.05) is 11.9 Å². The van der Waals surface area contributed by atoms with Crippen molar-refractivity contribution in [2.45, 2.75) is 25.8 Å². The van der Waals surface area contributed by atoms with Crippen molar-refractivity contribution in [1.29, 1.82) is 0 Å². The van der Waals surface area contributed by atoms with E-state index in [-0.39, 0.29) is 17.6 Å². The number of carbonyl (C=O) groups is 1. The molecule has 1 amide bonds. The largest absolute Gasteiger partial charge is 0.385 e. The summed E-state index contributed by atoms with van der Waals surface area (Å²) in [6.07, 6.45) is 2.76. The maximum atomic E-state index is 11.9. The van der Waals surface area contributed by atoms with Crippen LogP contribution in [-0.4, -0.2) is 22.4 Å². The lowest BCUT2D eigenvalue weighted by Gasteiger charge is -2.13. The number of hydrogen-bond donors (Lipinski definition) is 2. The Hall–Kier alpha value is -2.96. The second-order valence-electron chi connectivity index (χ2n) is 5.38. The number of rotatable bonds is 8. The zero-order valence-corrected chi connectivity index (χ0v) is 13.4. The molecular formula is C17H20N4O3. The average molecular weight is 328 g/mol. The van der Waals surface area contributed by atoms with Gasteiger partial charge in [0.2, 0.25) is 5.91 Å². The third-order valence-corrected chi connectivity index (χ3v) is 3.50. The van der Waals surface area contributed by atoms with Gasteiger partial charge in [-0.15, -0.1) is 0 Å². The van der Waals surface area contributed by atoms with Gasteiger partial charge in [0.1, 0.15) is 0 Å². The fraction of sp³-hybridized carbons (Fsp3) is 0.294. The molecular weight excluding hydrogens is 308 g/mol. The van der Waals surface area contributed by atoms with Crippen LogP contribution in [0.2, 0.25) is 0 Å². The van der Waals surface area contributed by atoms with E-state index in [2.05, 4.69) is 15.6 Å². The summed E-state index contributed by atoms with van der Waals surface area (Å²) in [5.74, 6) is -0.0290. The molecule has 0 aliphatic carbocycles. The van der Waals surface area contributed by atoms with Crippen molar-refractivity contribution in [3.05, 3.63) is 64.5 Å². The van der Waals surface area contributed by atoms with Crippen LogP contribution >= 0.6 is 0 Å². The Labute approximate surface area is 140 Å². The van der Waals surface area contributed by atoms with Crippen LogP contribution in [0.5, 0.6) is 0 Å². The molecule has 0 fully saturated rings. The molecule has 1 aromatic carbocycles. The lowest BCUT2D eigenvalue weighted by molar-refractivity contribution is -0.384. The first kappa shape index (κ1) is 17.4. The summed E-state index contributed by atoms with van der Waals surface area (Å²) in [4.78, 5) is 26.3. The van der Waals surface area contributed by atoms with E-state index < -0.39 is 4.92 Å². The molecule has 1 atom stereocenters. The molecule has 2 aromatic rings. The number of benzene rings is 1. The molecule has 0 radical (unpaired) electrons. The third kappa shape index (κ3) is 5.35. The summed E-state index contributed by atoms with van der Waals surface area (Å²) in [5, 5.41) is 16.6. The molecule has 7 nitrogen and oxygen atoms in total. The highest BCUT2D eigenvalue weighted by molar-refractivity contribution is 5.76. The number of anilines is 1. The van der Waals surface area contributed by atoms with E-state index in [0.717, 1.165) is 11.4 Å². The van der Waals surface area contributed by atoms with Crippen molar-refractivity contribution in [3.63, 3.8) is 0 Å². The van der Waals surface area contributed by atoms with Gasteiger partial charge in [0.05, 0.1) is 16.7 Å². The minimum absolute atomic E-state index is 0.0290. The number of amides is 1. The predicted octanol–water partition coefficient (Wildman–Crippen LogP) is 3.06. The number of nitrogens with one attached hydrogen (secondary N) is 2. The quantitative estimate of drug-likeness (QED) is 0.441. The normalized spacial score (nSPS) is 11.5. The molecule has 0 saturated carbocycles. The number of carbonyl (C=O) groups excluding carboxylic acids is 1. The topological polar surface area (TPSA) is 97.2 Å². The van der Waals surface area contributed by atoms with Crippen LogP contribution in [0.25, 0.3) is 0 Å². The van der Waals surface area contributed by atoms with E-state index in [1.54, 1.807) is 18.3 Å². The Morgan fingerprint density at radius 1 is 1.25 bits per heavy atom. The predicted molar refractivity (Wildman–Crippen MR) is 91.6 cm³/mol. The Balaban J connectivity index is 1.68. The van der Waals surface area contributed by atoms with Crippen molar-refractivity contribution in [2.24, 2.45) is 0 Å². The molecule has 1 unspecified atom stereocenters. The molecule has 24 heavy (non-hydrogen) atoms. The maximum absolute atomic E-state index is 11.9. The van der Waals surface area contributed by atoms with Crippen LogP contribution in [0.3, 0.4) is 0 Å². The van der Waals surface area contributed by atoms with Gasteiger partial charge in [-0.1, -0.05) is 6.07 Å². The number of nitrogens with zero attached hydrogens (tertiary/aromatic N) is 2. The smallest absolute Gasteiger partial charge is 0.269 e. The summed E-state index contributed by atoms with van der Waals surface area (Å²) in [6.45, 7) is 2.51. The van der Waals surface area contributed by atoms with Crippen molar-refractivity contribution in [1.82, 2.24) is 10.3 Å². The van der Waals surface area contributed by atoms with Gasteiger partial charge in [0, 0.05) is 37.0 Å². The van der Waals surface area contributed by atoms with Crippen LogP contribution < -0.4 is 10.6 Å². The zero-order valence-electron chi connectivity index (χ0n) is 13.4. The highest BCUT2D eigenvalue weighted by Crippen LogP contribution is 2.15. The lowest BCUT2D eigenvalue weighted by Crippen LogP contribution is -2.27. The average Bonchev–Trinajstić information content (AvgIpc) is 2.60. The molecule has 7 heteroatoms. The second kappa shape index (κ2) is 8.61. The molecule has 126 valence electrons. The van der Waals surface area contributed by atoms with Gasteiger partial charge in [-0.05, 0) is 37.6 Å². The maximum Gasteiger partial charge on any atom is 0.269 e. The molecule has 2 N–H and O–H groups in total.